The minimum atomic E-state index is -1.39. The lowest BCUT2D eigenvalue weighted by atomic mass is 9.98. The molecule has 32 heavy (non-hydrogen) atoms. The van der Waals surface area contributed by atoms with Crippen molar-refractivity contribution in [3.05, 3.63) is 62.4 Å². The fourth-order valence-electron chi connectivity index (χ4n) is 3.86. The largest absolute Gasteiger partial charge is 0.496 e. The Morgan fingerprint density at radius 1 is 1.22 bits per heavy atom. The maximum atomic E-state index is 13.4. The fourth-order valence-corrected chi connectivity index (χ4v) is 5.03. The molecule has 0 aliphatic carbocycles. The Morgan fingerprint density at radius 2 is 1.88 bits per heavy atom. The maximum Gasteiger partial charge on any atom is 0.329 e. The van der Waals surface area contributed by atoms with Gasteiger partial charge in [-0.1, -0.05) is 18.2 Å². The lowest BCUT2D eigenvalue weighted by Gasteiger charge is -2.26. The molecule has 0 bridgehead atoms. The number of para-hydroxylation sites is 1. The number of ether oxygens (including phenoxy) is 2. The molecule has 6 nitrogen and oxygen atoms in total. The molecule has 0 saturated carbocycles. The van der Waals surface area contributed by atoms with Crippen LogP contribution in [0.25, 0.3) is 10.1 Å². The summed E-state index contributed by atoms with van der Waals surface area (Å²) in [6, 6.07) is 7.73. The SMILES string of the molecule is COc1ccccc1[C@H](Cc1cn(C(C)(C)C(=O)O)c(=O)c2c(C)c(C)sc12)OC(C)C. The monoisotopic (exact) mass is 457 g/mol. The van der Waals surface area contributed by atoms with Crippen LogP contribution in [0.1, 0.15) is 55.4 Å². The second kappa shape index (κ2) is 9.08. The molecule has 3 aromatic rings. The van der Waals surface area contributed by atoms with Crippen LogP contribution in [0.3, 0.4) is 0 Å². The number of carboxylic acid groups (broad SMARTS) is 1. The summed E-state index contributed by atoms with van der Waals surface area (Å²) in [7, 11) is 1.63. The molecule has 1 atom stereocenters. The summed E-state index contributed by atoms with van der Waals surface area (Å²) in [5.41, 5.74) is 1.02. The van der Waals surface area contributed by atoms with Gasteiger partial charge in [0, 0.05) is 27.8 Å². The topological polar surface area (TPSA) is 77.8 Å². The number of hydrogen-bond donors (Lipinski definition) is 1. The van der Waals surface area contributed by atoms with Crippen LogP contribution in [-0.2, 0) is 21.5 Å². The Labute approximate surface area is 192 Å². The molecule has 0 spiro atoms. The third-order valence-electron chi connectivity index (χ3n) is 5.85. The molecule has 0 fully saturated rings. The molecule has 0 amide bonds. The number of nitrogens with zero attached hydrogens (tertiary/aromatic N) is 1. The molecular weight excluding hydrogens is 426 g/mol. The van der Waals surface area contributed by atoms with Gasteiger partial charge < -0.3 is 14.6 Å². The van der Waals surface area contributed by atoms with Crippen molar-refractivity contribution in [3.63, 3.8) is 0 Å². The predicted molar refractivity (Wildman–Crippen MR) is 128 cm³/mol. The van der Waals surface area contributed by atoms with E-state index in [9.17, 15) is 14.7 Å². The molecule has 172 valence electrons. The molecule has 0 unspecified atom stereocenters. The Hall–Kier alpha value is -2.64. The van der Waals surface area contributed by atoms with Crippen molar-refractivity contribution in [2.45, 2.75) is 65.7 Å². The molecule has 0 radical (unpaired) electrons. The van der Waals surface area contributed by atoms with Crippen LogP contribution in [0.15, 0.2) is 35.3 Å². The van der Waals surface area contributed by atoms with Crippen molar-refractivity contribution in [1.82, 2.24) is 4.57 Å². The number of fused-ring (bicyclic) bond motifs is 1. The smallest absolute Gasteiger partial charge is 0.329 e. The van der Waals surface area contributed by atoms with Gasteiger partial charge in [-0.05, 0) is 58.7 Å². The van der Waals surface area contributed by atoms with Gasteiger partial charge in [0.2, 0.25) is 0 Å². The van der Waals surface area contributed by atoms with E-state index in [2.05, 4.69) is 0 Å². The van der Waals surface area contributed by atoms with Gasteiger partial charge in [0.25, 0.3) is 5.56 Å². The van der Waals surface area contributed by atoms with Crippen LogP contribution in [0.2, 0.25) is 0 Å². The highest BCUT2D eigenvalue weighted by Gasteiger charge is 2.33. The van der Waals surface area contributed by atoms with Gasteiger partial charge >= 0.3 is 5.97 Å². The average molecular weight is 458 g/mol. The number of carboxylic acids is 1. The van der Waals surface area contributed by atoms with Crippen molar-refractivity contribution in [1.29, 1.82) is 0 Å². The highest BCUT2D eigenvalue weighted by molar-refractivity contribution is 7.19. The van der Waals surface area contributed by atoms with Crippen molar-refractivity contribution in [2.24, 2.45) is 0 Å². The first-order valence-electron chi connectivity index (χ1n) is 10.7. The van der Waals surface area contributed by atoms with Crippen LogP contribution in [0, 0.1) is 13.8 Å². The summed E-state index contributed by atoms with van der Waals surface area (Å²) in [5, 5.41) is 10.4. The first kappa shape index (κ1) is 24.0. The molecule has 2 aromatic heterocycles. The van der Waals surface area contributed by atoms with Gasteiger partial charge in [-0.3, -0.25) is 9.36 Å². The molecule has 3 rings (SSSR count). The molecular formula is C25H31NO5S. The third kappa shape index (κ3) is 4.32. The van der Waals surface area contributed by atoms with Crippen LogP contribution in [-0.4, -0.2) is 28.9 Å². The number of carbonyl (C=O) groups is 1. The van der Waals surface area contributed by atoms with Crippen molar-refractivity contribution in [2.75, 3.05) is 7.11 Å². The van der Waals surface area contributed by atoms with E-state index in [1.807, 2.05) is 52.0 Å². The van der Waals surface area contributed by atoms with Gasteiger partial charge in [0.15, 0.2) is 0 Å². The van der Waals surface area contributed by atoms with E-state index in [-0.39, 0.29) is 17.8 Å². The Balaban J connectivity index is 2.26. The zero-order valence-corrected chi connectivity index (χ0v) is 20.5. The zero-order valence-electron chi connectivity index (χ0n) is 19.7. The van der Waals surface area contributed by atoms with Crippen LogP contribution in [0.4, 0.5) is 0 Å². The summed E-state index contributed by atoms with van der Waals surface area (Å²) in [5.74, 6) is -0.332. The number of hydrogen-bond acceptors (Lipinski definition) is 5. The van der Waals surface area contributed by atoms with Crippen LogP contribution < -0.4 is 10.3 Å². The molecule has 1 N–H and O–H groups in total. The summed E-state index contributed by atoms with van der Waals surface area (Å²) >= 11 is 1.57. The number of methoxy groups -OCH3 is 1. The maximum absolute atomic E-state index is 13.4. The lowest BCUT2D eigenvalue weighted by Crippen LogP contribution is -2.42. The first-order chi connectivity index (χ1) is 15.0. The van der Waals surface area contributed by atoms with Crippen LogP contribution >= 0.6 is 11.3 Å². The molecule has 7 heteroatoms. The summed E-state index contributed by atoms with van der Waals surface area (Å²) in [6.07, 6.45) is 1.81. The van der Waals surface area contributed by atoms with E-state index >= 15 is 0 Å². The normalized spacial score (nSPS) is 13.0. The number of thiophene rings is 1. The summed E-state index contributed by atoms with van der Waals surface area (Å²) < 4.78 is 14.1. The van der Waals surface area contributed by atoms with E-state index in [0.29, 0.717) is 11.8 Å². The number of aryl methyl sites for hydroxylation is 2. The second-order valence-corrected chi connectivity index (χ2v) is 10.0. The molecule has 0 saturated heterocycles. The minimum absolute atomic E-state index is 0.0337. The average Bonchev–Trinajstić information content (AvgIpc) is 3.03. The van der Waals surface area contributed by atoms with Crippen molar-refractivity contribution >= 4 is 27.4 Å². The quantitative estimate of drug-likeness (QED) is 0.502. The Bertz CT molecular complexity index is 1200. The minimum Gasteiger partial charge on any atom is -0.496 e. The number of rotatable bonds is 8. The van der Waals surface area contributed by atoms with Gasteiger partial charge in [0.05, 0.1) is 24.7 Å². The predicted octanol–water partition coefficient (Wildman–Crippen LogP) is 5.22. The lowest BCUT2D eigenvalue weighted by molar-refractivity contribution is -0.145. The highest BCUT2D eigenvalue weighted by atomic mass is 32.1. The van der Waals surface area contributed by atoms with Crippen molar-refractivity contribution < 1.29 is 19.4 Å². The Kier molecular flexibility index (Phi) is 6.81. The summed E-state index contributed by atoms with van der Waals surface area (Å²) in [4.78, 5) is 26.4. The molecule has 1 aromatic carbocycles. The van der Waals surface area contributed by atoms with E-state index < -0.39 is 11.5 Å². The Morgan fingerprint density at radius 3 is 2.47 bits per heavy atom. The van der Waals surface area contributed by atoms with E-state index in [1.54, 1.807) is 38.5 Å². The van der Waals surface area contributed by atoms with Gasteiger partial charge in [0.1, 0.15) is 11.3 Å². The number of aliphatic carboxylic acids is 1. The molecule has 0 aliphatic heterocycles. The van der Waals surface area contributed by atoms with Crippen molar-refractivity contribution in [3.8, 4) is 5.75 Å². The highest BCUT2D eigenvalue weighted by Crippen LogP contribution is 2.36. The summed E-state index contributed by atoms with van der Waals surface area (Å²) in [6.45, 7) is 10.9. The van der Waals surface area contributed by atoms with Gasteiger partial charge in [-0.25, -0.2) is 4.79 Å². The van der Waals surface area contributed by atoms with E-state index in [1.165, 1.54) is 4.57 Å². The number of benzene rings is 1. The molecule has 2 heterocycles. The number of aromatic nitrogens is 1. The zero-order chi connectivity index (χ0) is 23.8. The molecule has 0 aliphatic rings. The number of pyridine rings is 1. The van der Waals surface area contributed by atoms with Gasteiger partial charge in [-0.2, -0.15) is 0 Å². The second-order valence-electron chi connectivity index (χ2n) is 8.80. The van der Waals surface area contributed by atoms with Gasteiger partial charge in [-0.15, -0.1) is 11.3 Å². The first-order valence-corrected chi connectivity index (χ1v) is 11.5. The fraction of sp³-hybridized carbons (Fsp3) is 0.440. The standard InChI is InChI=1S/C25H31NO5S/c1-14(2)31-20(18-10-8-9-11-19(18)30-7)12-17-13-26(25(5,6)24(28)29)23(27)21-15(3)16(4)32-22(17)21/h8-11,13-14,20H,12H2,1-7H3,(H,28,29)/t20-/m0/s1. The van der Waals surface area contributed by atoms with Crippen LogP contribution in [0.5, 0.6) is 5.75 Å². The van der Waals surface area contributed by atoms with E-state index in [4.69, 9.17) is 9.47 Å². The van der Waals surface area contributed by atoms with E-state index in [0.717, 1.165) is 32.0 Å². The third-order valence-corrected chi connectivity index (χ3v) is 7.13.